The van der Waals surface area contributed by atoms with E-state index in [0.29, 0.717) is 12.1 Å². The molecule has 4 rings (SSSR count). The van der Waals surface area contributed by atoms with Crippen molar-refractivity contribution < 1.29 is 0 Å². The summed E-state index contributed by atoms with van der Waals surface area (Å²) in [5.41, 5.74) is 3.51. The molecule has 0 spiro atoms. The molecule has 0 amide bonds. The van der Waals surface area contributed by atoms with E-state index in [9.17, 15) is 0 Å². The van der Waals surface area contributed by atoms with Crippen molar-refractivity contribution >= 4 is 0 Å². The van der Waals surface area contributed by atoms with E-state index in [0.717, 1.165) is 43.4 Å². The van der Waals surface area contributed by atoms with Crippen LogP contribution < -0.4 is 5.32 Å². The molecule has 1 aromatic rings. The van der Waals surface area contributed by atoms with Gasteiger partial charge in [-0.15, -0.1) is 0 Å². The predicted molar refractivity (Wildman–Crippen MR) is 84.2 cm³/mol. The lowest BCUT2D eigenvalue weighted by Gasteiger charge is -2.46. The van der Waals surface area contributed by atoms with Gasteiger partial charge in [0.1, 0.15) is 5.82 Å². The molecular formula is C16H27N5. The van der Waals surface area contributed by atoms with Crippen molar-refractivity contribution in [1.29, 1.82) is 0 Å². The second-order valence-electron chi connectivity index (χ2n) is 6.62. The molecule has 3 saturated heterocycles. The summed E-state index contributed by atoms with van der Waals surface area (Å²) in [7, 11) is 0. The fraction of sp³-hybridized carbons (Fsp3) is 0.750. The van der Waals surface area contributed by atoms with Gasteiger partial charge in [-0.25, -0.2) is 9.97 Å². The molecule has 3 aliphatic rings. The Balaban J connectivity index is 1.81. The molecule has 1 atom stereocenters. The molecule has 5 heteroatoms. The van der Waals surface area contributed by atoms with Gasteiger partial charge >= 0.3 is 0 Å². The highest BCUT2D eigenvalue weighted by Gasteiger charge is 2.34. The van der Waals surface area contributed by atoms with E-state index in [4.69, 9.17) is 9.97 Å². The highest BCUT2D eigenvalue weighted by molar-refractivity contribution is 5.25. The predicted octanol–water partition coefficient (Wildman–Crippen LogP) is 1.26. The lowest BCUT2D eigenvalue weighted by atomic mass is 10.1. The smallest absolute Gasteiger partial charge is 0.147 e. The lowest BCUT2D eigenvalue weighted by molar-refractivity contribution is 0.00849. The van der Waals surface area contributed by atoms with Crippen molar-refractivity contribution in [2.75, 3.05) is 32.7 Å². The first-order valence-electron chi connectivity index (χ1n) is 8.08. The number of nitrogens with one attached hydrogen (secondary N) is 1. The van der Waals surface area contributed by atoms with Crippen LogP contribution in [-0.2, 0) is 6.54 Å². The number of hydrogen-bond acceptors (Lipinski definition) is 5. The monoisotopic (exact) mass is 289 g/mol. The number of hydrogen-bond donors (Lipinski definition) is 1. The summed E-state index contributed by atoms with van der Waals surface area (Å²) in [5.74, 6) is 1.02. The van der Waals surface area contributed by atoms with Crippen LogP contribution in [0.25, 0.3) is 0 Å². The molecule has 116 valence electrons. The van der Waals surface area contributed by atoms with Crippen molar-refractivity contribution in [3.8, 4) is 0 Å². The second kappa shape index (κ2) is 5.99. The summed E-state index contributed by atoms with van der Waals surface area (Å²) in [5, 5.41) is 3.47. The fourth-order valence-electron chi connectivity index (χ4n) is 3.34. The molecule has 1 N–H and O–H groups in total. The molecule has 1 aromatic heterocycles. The van der Waals surface area contributed by atoms with Crippen LogP contribution in [0.2, 0.25) is 0 Å². The van der Waals surface area contributed by atoms with E-state index < -0.39 is 0 Å². The van der Waals surface area contributed by atoms with Crippen LogP contribution in [0.15, 0.2) is 0 Å². The van der Waals surface area contributed by atoms with E-state index in [2.05, 4.69) is 42.8 Å². The topological polar surface area (TPSA) is 44.3 Å². The van der Waals surface area contributed by atoms with E-state index in [1.165, 1.54) is 18.7 Å². The van der Waals surface area contributed by atoms with Gasteiger partial charge in [-0.1, -0.05) is 13.8 Å². The number of aryl methyl sites for hydroxylation is 2. The van der Waals surface area contributed by atoms with Gasteiger partial charge in [0, 0.05) is 62.3 Å². The summed E-state index contributed by atoms with van der Waals surface area (Å²) >= 11 is 0. The number of rotatable bonds is 4. The van der Waals surface area contributed by atoms with E-state index in [1.54, 1.807) is 0 Å². The van der Waals surface area contributed by atoms with Crippen LogP contribution in [0, 0.1) is 13.8 Å². The first kappa shape index (κ1) is 14.9. The van der Waals surface area contributed by atoms with Crippen LogP contribution in [0.5, 0.6) is 0 Å². The molecule has 0 aliphatic carbocycles. The minimum Gasteiger partial charge on any atom is -0.310 e. The molecule has 5 nitrogen and oxygen atoms in total. The Morgan fingerprint density at radius 3 is 2.19 bits per heavy atom. The standard InChI is InChI=1S/C16H27N5/c1-11(2)17-9-14-12(3)18-16(19-13(14)4)15-10-20-5-7-21(15)8-6-20/h11,15,17H,5-10H2,1-4H3. The largest absolute Gasteiger partial charge is 0.310 e. The van der Waals surface area contributed by atoms with E-state index in [-0.39, 0.29) is 0 Å². The maximum Gasteiger partial charge on any atom is 0.147 e. The van der Waals surface area contributed by atoms with Gasteiger partial charge in [0.15, 0.2) is 0 Å². The Kier molecular flexibility index (Phi) is 4.24. The van der Waals surface area contributed by atoms with Crippen molar-refractivity contribution in [2.45, 2.75) is 46.3 Å². The molecule has 4 heterocycles. The van der Waals surface area contributed by atoms with Gasteiger partial charge in [-0.3, -0.25) is 9.80 Å². The Morgan fingerprint density at radius 2 is 1.71 bits per heavy atom. The first-order chi connectivity index (χ1) is 10.0. The third kappa shape index (κ3) is 3.10. The SMILES string of the molecule is Cc1nc(C2CN3CCN2CC3)nc(C)c1CNC(C)C. The quantitative estimate of drug-likeness (QED) is 0.904. The Bertz CT molecular complexity index is 482. The summed E-state index contributed by atoms with van der Waals surface area (Å²) in [6.07, 6.45) is 0. The average Bonchev–Trinajstić information content (AvgIpc) is 2.47. The Labute approximate surface area is 127 Å². The lowest BCUT2D eigenvalue weighted by Crippen LogP contribution is -2.57. The normalized spacial score (nSPS) is 28.3. The van der Waals surface area contributed by atoms with Crippen LogP contribution in [0.1, 0.15) is 42.7 Å². The maximum atomic E-state index is 4.83. The van der Waals surface area contributed by atoms with E-state index >= 15 is 0 Å². The van der Waals surface area contributed by atoms with Crippen LogP contribution >= 0.6 is 0 Å². The van der Waals surface area contributed by atoms with Crippen LogP contribution in [0.4, 0.5) is 0 Å². The van der Waals surface area contributed by atoms with Crippen molar-refractivity contribution in [3.63, 3.8) is 0 Å². The van der Waals surface area contributed by atoms with Crippen molar-refractivity contribution in [3.05, 3.63) is 22.8 Å². The molecule has 0 saturated carbocycles. The first-order valence-corrected chi connectivity index (χ1v) is 8.08. The molecule has 1 unspecified atom stereocenters. The van der Waals surface area contributed by atoms with Crippen LogP contribution in [-0.4, -0.2) is 58.5 Å². The Morgan fingerprint density at radius 1 is 1.10 bits per heavy atom. The van der Waals surface area contributed by atoms with Gasteiger partial charge in [-0.2, -0.15) is 0 Å². The zero-order chi connectivity index (χ0) is 15.0. The number of piperazine rings is 3. The molecular weight excluding hydrogens is 262 g/mol. The van der Waals surface area contributed by atoms with Crippen molar-refractivity contribution in [1.82, 2.24) is 25.1 Å². The molecule has 2 bridgehead atoms. The molecule has 21 heavy (non-hydrogen) atoms. The van der Waals surface area contributed by atoms with Gasteiger partial charge in [0.2, 0.25) is 0 Å². The highest BCUT2D eigenvalue weighted by Crippen LogP contribution is 2.27. The molecule has 0 radical (unpaired) electrons. The molecule has 0 aromatic carbocycles. The van der Waals surface area contributed by atoms with Gasteiger partial charge in [0.05, 0.1) is 6.04 Å². The van der Waals surface area contributed by atoms with Gasteiger partial charge in [-0.05, 0) is 13.8 Å². The second-order valence-corrected chi connectivity index (χ2v) is 6.62. The van der Waals surface area contributed by atoms with Gasteiger partial charge < -0.3 is 5.32 Å². The summed E-state index contributed by atoms with van der Waals surface area (Å²) in [6.45, 7) is 15.2. The number of aromatic nitrogens is 2. The maximum absolute atomic E-state index is 4.83. The van der Waals surface area contributed by atoms with E-state index in [1.807, 2.05) is 0 Å². The number of nitrogens with zero attached hydrogens (tertiary/aromatic N) is 4. The summed E-state index contributed by atoms with van der Waals surface area (Å²) in [6, 6.07) is 0.869. The molecule has 3 fully saturated rings. The Hall–Kier alpha value is -1.04. The molecule has 3 aliphatic heterocycles. The zero-order valence-electron chi connectivity index (χ0n) is 13.7. The van der Waals surface area contributed by atoms with Gasteiger partial charge in [0.25, 0.3) is 0 Å². The average molecular weight is 289 g/mol. The minimum atomic E-state index is 0.386. The summed E-state index contributed by atoms with van der Waals surface area (Å²) in [4.78, 5) is 14.7. The third-order valence-electron chi connectivity index (χ3n) is 4.70. The van der Waals surface area contributed by atoms with Crippen molar-refractivity contribution in [2.24, 2.45) is 0 Å². The third-order valence-corrected chi connectivity index (χ3v) is 4.70. The highest BCUT2D eigenvalue weighted by atomic mass is 15.4. The fourth-order valence-corrected chi connectivity index (χ4v) is 3.34. The van der Waals surface area contributed by atoms with Crippen LogP contribution in [0.3, 0.4) is 0 Å². The zero-order valence-corrected chi connectivity index (χ0v) is 13.7. The summed E-state index contributed by atoms with van der Waals surface area (Å²) < 4.78 is 0. The minimum absolute atomic E-state index is 0.386. The number of fused-ring (bicyclic) bond motifs is 3.